The van der Waals surface area contributed by atoms with Crippen LogP contribution in [0.25, 0.3) is 0 Å². The number of rotatable bonds is 4. The van der Waals surface area contributed by atoms with Crippen molar-refractivity contribution in [2.45, 2.75) is 20.0 Å². The molecule has 0 spiro atoms. The lowest BCUT2D eigenvalue weighted by Crippen LogP contribution is -2.28. The fourth-order valence-corrected chi connectivity index (χ4v) is 2.79. The second kappa shape index (κ2) is 6.81. The van der Waals surface area contributed by atoms with E-state index in [0.29, 0.717) is 17.1 Å². The number of amides is 1. The summed E-state index contributed by atoms with van der Waals surface area (Å²) in [5, 5.41) is 4.88. The SMILES string of the molecule is CCn1ncc(Br)c1CN(C)C(=O)c1cccc(Cl)c1Cl. The van der Waals surface area contributed by atoms with Crippen molar-refractivity contribution in [2.75, 3.05) is 7.05 Å². The van der Waals surface area contributed by atoms with Gasteiger partial charge in [0.15, 0.2) is 0 Å². The van der Waals surface area contributed by atoms with Gasteiger partial charge >= 0.3 is 0 Å². The Labute approximate surface area is 141 Å². The lowest BCUT2D eigenvalue weighted by molar-refractivity contribution is 0.0781. The molecule has 0 atom stereocenters. The third-order valence-electron chi connectivity index (χ3n) is 3.11. The highest BCUT2D eigenvalue weighted by Gasteiger charge is 2.19. The molecule has 4 nitrogen and oxygen atoms in total. The van der Waals surface area contributed by atoms with E-state index in [1.165, 1.54) is 0 Å². The number of carbonyl (C=O) groups excluding carboxylic acids is 1. The van der Waals surface area contributed by atoms with E-state index in [1.54, 1.807) is 36.3 Å². The van der Waals surface area contributed by atoms with E-state index in [4.69, 9.17) is 23.2 Å². The molecule has 112 valence electrons. The van der Waals surface area contributed by atoms with Crippen LogP contribution in [-0.4, -0.2) is 27.6 Å². The Morgan fingerprint density at radius 2 is 2.14 bits per heavy atom. The second-order valence-corrected chi connectivity index (χ2v) is 6.16. The maximum absolute atomic E-state index is 12.5. The van der Waals surface area contributed by atoms with Crippen molar-refractivity contribution >= 4 is 45.0 Å². The number of nitrogens with zero attached hydrogens (tertiary/aromatic N) is 3. The first-order chi connectivity index (χ1) is 9.95. The zero-order valence-electron chi connectivity index (χ0n) is 11.6. The summed E-state index contributed by atoms with van der Waals surface area (Å²) in [6.07, 6.45) is 1.73. The summed E-state index contributed by atoms with van der Waals surface area (Å²) >= 11 is 15.5. The number of aryl methyl sites for hydroxylation is 1. The van der Waals surface area contributed by atoms with Gasteiger partial charge in [0.1, 0.15) is 0 Å². The van der Waals surface area contributed by atoms with E-state index in [1.807, 2.05) is 11.6 Å². The van der Waals surface area contributed by atoms with Crippen molar-refractivity contribution in [3.63, 3.8) is 0 Å². The molecule has 7 heteroatoms. The number of halogens is 3. The molecule has 1 aromatic heterocycles. The van der Waals surface area contributed by atoms with Gasteiger partial charge in [-0.2, -0.15) is 5.10 Å². The highest BCUT2D eigenvalue weighted by molar-refractivity contribution is 9.10. The van der Waals surface area contributed by atoms with Gasteiger partial charge in [-0.25, -0.2) is 0 Å². The summed E-state index contributed by atoms with van der Waals surface area (Å²) in [5.41, 5.74) is 1.33. The van der Waals surface area contributed by atoms with Crippen LogP contribution < -0.4 is 0 Å². The smallest absolute Gasteiger partial charge is 0.255 e. The Morgan fingerprint density at radius 1 is 1.43 bits per heavy atom. The summed E-state index contributed by atoms with van der Waals surface area (Å²) < 4.78 is 2.72. The molecule has 0 unspecified atom stereocenters. The van der Waals surface area contributed by atoms with E-state index in [9.17, 15) is 4.79 Å². The molecule has 2 aromatic rings. The van der Waals surface area contributed by atoms with E-state index in [2.05, 4.69) is 21.0 Å². The molecular formula is C14H14BrCl2N3O. The fraction of sp³-hybridized carbons (Fsp3) is 0.286. The average molecular weight is 391 g/mol. The maximum atomic E-state index is 12.5. The van der Waals surface area contributed by atoms with Crippen LogP contribution in [-0.2, 0) is 13.1 Å². The number of aromatic nitrogens is 2. The summed E-state index contributed by atoms with van der Waals surface area (Å²) in [6.45, 7) is 3.16. The largest absolute Gasteiger partial charge is 0.336 e. The zero-order valence-corrected chi connectivity index (χ0v) is 14.7. The molecular weight excluding hydrogens is 377 g/mol. The molecule has 0 fully saturated rings. The first kappa shape index (κ1) is 16.3. The number of hydrogen-bond acceptors (Lipinski definition) is 2. The quantitative estimate of drug-likeness (QED) is 0.782. The van der Waals surface area contributed by atoms with Gasteiger partial charge in [0, 0.05) is 13.6 Å². The predicted molar refractivity (Wildman–Crippen MR) is 87.9 cm³/mol. The summed E-state index contributed by atoms with van der Waals surface area (Å²) in [6, 6.07) is 5.03. The molecule has 0 saturated carbocycles. The van der Waals surface area contributed by atoms with Crippen molar-refractivity contribution in [3.05, 3.63) is 50.2 Å². The maximum Gasteiger partial charge on any atom is 0.255 e. The van der Waals surface area contributed by atoms with E-state index >= 15 is 0 Å². The molecule has 2 rings (SSSR count). The van der Waals surface area contributed by atoms with Crippen molar-refractivity contribution in [1.82, 2.24) is 14.7 Å². The minimum absolute atomic E-state index is 0.182. The van der Waals surface area contributed by atoms with Crippen LogP contribution in [0.1, 0.15) is 23.0 Å². The summed E-state index contributed by atoms with van der Waals surface area (Å²) in [5.74, 6) is -0.182. The number of hydrogen-bond donors (Lipinski definition) is 0. The van der Waals surface area contributed by atoms with Crippen LogP contribution in [0.4, 0.5) is 0 Å². The van der Waals surface area contributed by atoms with Crippen LogP contribution in [0, 0.1) is 0 Å². The van der Waals surface area contributed by atoms with Crippen molar-refractivity contribution < 1.29 is 4.79 Å². The third kappa shape index (κ3) is 3.42. The monoisotopic (exact) mass is 389 g/mol. The molecule has 21 heavy (non-hydrogen) atoms. The molecule has 0 saturated heterocycles. The Kier molecular flexibility index (Phi) is 5.30. The molecule has 1 heterocycles. The van der Waals surface area contributed by atoms with Gasteiger partial charge in [-0.3, -0.25) is 9.48 Å². The van der Waals surface area contributed by atoms with Gasteiger partial charge in [0.2, 0.25) is 0 Å². The van der Waals surface area contributed by atoms with Crippen LogP contribution in [0.15, 0.2) is 28.9 Å². The average Bonchev–Trinajstić information content (AvgIpc) is 2.82. The molecule has 0 bridgehead atoms. The van der Waals surface area contributed by atoms with Crippen molar-refractivity contribution in [1.29, 1.82) is 0 Å². The number of benzene rings is 1. The van der Waals surface area contributed by atoms with Gasteiger partial charge in [0.05, 0.1) is 38.5 Å². The fourth-order valence-electron chi connectivity index (χ4n) is 1.99. The van der Waals surface area contributed by atoms with E-state index < -0.39 is 0 Å². The van der Waals surface area contributed by atoms with Crippen molar-refractivity contribution in [2.24, 2.45) is 0 Å². The highest BCUT2D eigenvalue weighted by atomic mass is 79.9. The van der Waals surface area contributed by atoms with Crippen LogP contribution in [0.2, 0.25) is 10.0 Å². The normalized spacial score (nSPS) is 10.7. The first-order valence-electron chi connectivity index (χ1n) is 6.35. The second-order valence-electron chi connectivity index (χ2n) is 4.52. The third-order valence-corrected chi connectivity index (χ3v) is 4.59. The molecule has 0 aliphatic heterocycles. The number of carbonyl (C=O) groups is 1. The van der Waals surface area contributed by atoms with Crippen LogP contribution in [0.5, 0.6) is 0 Å². The molecule has 0 N–H and O–H groups in total. The first-order valence-corrected chi connectivity index (χ1v) is 7.90. The zero-order chi connectivity index (χ0) is 15.6. The Bertz CT molecular complexity index is 672. The molecule has 0 aliphatic rings. The Balaban J connectivity index is 2.24. The standard InChI is InChI=1S/C14H14BrCl2N3O/c1-3-20-12(10(15)7-18-20)8-19(2)14(21)9-5-4-6-11(16)13(9)17/h4-7H,3,8H2,1-2H3. The lowest BCUT2D eigenvalue weighted by atomic mass is 10.2. The van der Waals surface area contributed by atoms with Crippen LogP contribution in [0.3, 0.4) is 0 Å². The minimum atomic E-state index is -0.182. The predicted octanol–water partition coefficient (Wildman–Crippen LogP) is 4.24. The van der Waals surface area contributed by atoms with Gasteiger partial charge in [-0.15, -0.1) is 0 Å². The topological polar surface area (TPSA) is 38.1 Å². The lowest BCUT2D eigenvalue weighted by Gasteiger charge is -2.19. The molecule has 0 radical (unpaired) electrons. The van der Waals surface area contributed by atoms with Gasteiger partial charge in [-0.05, 0) is 35.0 Å². The highest BCUT2D eigenvalue weighted by Crippen LogP contribution is 2.27. The molecule has 0 aliphatic carbocycles. The van der Waals surface area contributed by atoms with E-state index in [-0.39, 0.29) is 10.9 Å². The van der Waals surface area contributed by atoms with Crippen molar-refractivity contribution in [3.8, 4) is 0 Å². The van der Waals surface area contributed by atoms with Gasteiger partial charge in [-0.1, -0.05) is 29.3 Å². The van der Waals surface area contributed by atoms with Crippen LogP contribution >= 0.6 is 39.1 Å². The summed E-state index contributed by atoms with van der Waals surface area (Å²) in [4.78, 5) is 14.1. The molecule has 1 amide bonds. The van der Waals surface area contributed by atoms with Gasteiger partial charge in [0.25, 0.3) is 5.91 Å². The van der Waals surface area contributed by atoms with Gasteiger partial charge < -0.3 is 4.90 Å². The summed E-state index contributed by atoms with van der Waals surface area (Å²) in [7, 11) is 1.72. The molecule has 1 aromatic carbocycles. The Hall–Kier alpha value is -1.04. The minimum Gasteiger partial charge on any atom is -0.336 e. The Morgan fingerprint density at radius 3 is 2.81 bits per heavy atom. The van der Waals surface area contributed by atoms with E-state index in [0.717, 1.165) is 16.7 Å².